The zero-order chi connectivity index (χ0) is 16.9. The van der Waals surface area contributed by atoms with Crippen LogP contribution in [0.1, 0.15) is 19.8 Å². The van der Waals surface area contributed by atoms with E-state index in [0.29, 0.717) is 17.9 Å². The van der Waals surface area contributed by atoms with Gasteiger partial charge in [-0.2, -0.15) is 0 Å². The highest BCUT2D eigenvalue weighted by molar-refractivity contribution is 5.76. The molecule has 3 rings (SSSR count). The van der Waals surface area contributed by atoms with Crippen molar-refractivity contribution in [2.75, 3.05) is 46.5 Å². The summed E-state index contributed by atoms with van der Waals surface area (Å²) in [7, 11) is 1.51. The third-order valence-corrected chi connectivity index (χ3v) is 5.76. The highest BCUT2D eigenvalue weighted by Gasteiger charge is 2.43. The summed E-state index contributed by atoms with van der Waals surface area (Å²) in [5.74, 6) is 0.748. The second-order valence-corrected chi connectivity index (χ2v) is 7.12. The molecule has 4 atom stereocenters. The van der Waals surface area contributed by atoms with Crippen LogP contribution in [-0.2, 0) is 14.3 Å². The van der Waals surface area contributed by atoms with Gasteiger partial charge >= 0.3 is 5.97 Å². The predicted octanol–water partition coefficient (Wildman–Crippen LogP) is 1.70. The Morgan fingerprint density at radius 1 is 1.29 bits per heavy atom. The summed E-state index contributed by atoms with van der Waals surface area (Å²) >= 11 is 0. The lowest BCUT2D eigenvalue weighted by molar-refractivity contribution is -0.148. The van der Waals surface area contributed by atoms with Crippen molar-refractivity contribution in [1.82, 2.24) is 9.80 Å². The average Bonchev–Trinajstić information content (AvgIpc) is 3.05. The van der Waals surface area contributed by atoms with E-state index in [-0.39, 0.29) is 12.0 Å². The number of hydrogen-bond donors (Lipinski definition) is 0. The van der Waals surface area contributed by atoms with Crippen LogP contribution in [0, 0.1) is 11.8 Å². The van der Waals surface area contributed by atoms with Gasteiger partial charge in [0.05, 0.1) is 20.3 Å². The first-order valence-corrected chi connectivity index (χ1v) is 9.17. The number of carbonyl (C=O) groups excluding carboxylic acids is 1. The van der Waals surface area contributed by atoms with E-state index in [2.05, 4.69) is 41.0 Å². The lowest BCUT2D eigenvalue weighted by Crippen LogP contribution is -2.50. The molecule has 0 aromatic carbocycles. The second-order valence-electron chi connectivity index (χ2n) is 7.12. The number of hydrogen-bond acceptors (Lipinski definition) is 5. The number of rotatable bonds is 5. The highest BCUT2D eigenvalue weighted by Crippen LogP contribution is 2.32. The summed E-state index contributed by atoms with van der Waals surface area (Å²) in [6.45, 7) is 7.73. The molecule has 134 valence electrons. The van der Waals surface area contributed by atoms with Crippen molar-refractivity contribution in [3.05, 3.63) is 24.3 Å². The van der Waals surface area contributed by atoms with Gasteiger partial charge < -0.3 is 9.47 Å². The van der Waals surface area contributed by atoms with Gasteiger partial charge in [0.1, 0.15) is 6.04 Å². The zero-order valence-corrected chi connectivity index (χ0v) is 14.9. The van der Waals surface area contributed by atoms with Crippen LogP contribution in [0.4, 0.5) is 0 Å². The first kappa shape index (κ1) is 17.6. The molecule has 5 nitrogen and oxygen atoms in total. The van der Waals surface area contributed by atoms with Crippen molar-refractivity contribution in [3.63, 3.8) is 0 Å². The van der Waals surface area contributed by atoms with Crippen LogP contribution in [0.15, 0.2) is 24.3 Å². The van der Waals surface area contributed by atoms with Crippen LogP contribution in [0.5, 0.6) is 0 Å². The van der Waals surface area contributed by atoms with Crippen LogP contribution in [0.2, 0.25) is 0 Å². The Balaban J connectivity index is 1.68. The summed E-state index contributed by atoms with van der Waals surface area (Å²) in [4.78, 5) is 17.3. The molecule has 2 fully saturated rings. The Labute approximate surface area is 145 Å². The topological polar surface area (TPSA) is 42.0 Å². The molecule has 24 heavy (non-hydrogen) atoms. The largest absolute Gasteiger partial charge is 0.468 e. The van der Waals surface area contributed by atoms with Crippen molar-refractivity contribution in [3.8, 4) is 0 Å². The molecule has 0 spiro atoms. The summed E-state index contributed by atoms with van der Waals surface area (Å²) in [5.41, 5.74) is 0. The van der Waals surface area contributed by atoms with Gasteiger partial charge in [0.25, 0.3) is 0 Å². The minimum absolute atomic E-state index is 0.0760. The third kappa shape index (κ3) is 3.90. The molecule has 0 amide bonds. The van der Waals surface area contributed by atoms with Crippen LogP contribution < -0.4 is 0 Å². The number of carbonyl (C=O) groups is 1. The normalized spacial score (nSPS) is 32.8. The number of ether oxygens (including phenoxy) is 2. The van der Waals surface area contributed by atoms with Crippen LogP contribution in [-0.4, -0.2) is 74.4 Å². The fourth-order valence-electron chi connectivity index (χ4n) is 4.30. The van der Waals surface area contributed by atoms with Crippen LogP contribution >= 0.6 is 0 Å². The first-order chi connectivity index (χ1) is 11.7. The molecule has 0 radical (unpaired) electrons. The summed E-state index contributed by atoms with van der Waals surface area (Å²) in [6, 6.07) is 0.233. The molecular formula is C19H30N2O3. The van der Waals surface area contributed by atoms with Gasteiger partial charge in [0.2, 0.25) is 0 Å². The van der Waals surface area contributed by atoms with E-state index in [9.17, 15) is 4.79 Å². The maximum atomic E-state index is 12.5. The standard InChI is InChI=1S/C19H30N2O3/c1-15(16-6-4-3-5-7-16)21-9-8-17(18(21)19(22)23-2)14-20-10-12-24-13-11-20/h3-6,15-18H,7-14H2,1-2H3. The second kappa shape index (κ2) is 8.28. The first-order valence-electron chi connectivity index (χ1n) is 9.17. The number of esters is 1. The summed E-state index contributed by atoms with van der Waals surface area (Å²) in [5, 5.41) is 0. The molecule has 0 saturated carbocycles. The Bertz CT molecular complexity index is 485. The van der Waals surface area contributed by atoms with Gasteiger partial charge in [0, 0.05) is 25.7 Å². The quantitative estimate of drug-likeness (QED) is 0.716. The van der Waals surface area contributed by atoms with Crippen LogP contribution in [0.25, 0.3) is 0 Å². The number of methoxy groups -OCH3 is 1. The van der Waals surface area contributed by atoms with Gasteiger partial charge in [-0.25, -0.2) is 0 Å². The molecule has 1 aliphatic carbocycles. The highest BCUT2D eigenvalue weighted by atomic mass is 16.5. The van der Waals surface area contributed by atoms with Crippen molar-refractivity contribution >= 4 is 5.97 Å². The molecular weight excluding hydrogens is 304 g/mol. The Kier molecular flexibility index (Phi) is 6.09. The molecule has 0 aromatic heterocycles. The van der Waals surface area contributed by atoms with Crippen molar-refractivity contribution in [2.45, 2.75) is 31.8 Å². The van der Waals surface area contributed by atoms with Gasteiger partial charge in [0.15, 0.2) is 0 Å². The Morgan fingerprint density at radius 2 is 2.08 bits per heavy atom. The predicted molar refractivity (Wildman–Crippen MR) is 93.7 cm³/mol. The molecule has 2 saturated heterocycles. The molecule has 0 aromatic rings. The molecule has 0 bridgehead atoms. The van der Waals surface area contributed by atoms with E-state index in [0.717, 1.165) is 52.2 Å². The number of nitrogens with zero attached hydrogens (tertiary/aromatic N) is 2. The number of likely N-dealkylation sites (tertiary alicyclic amines) is 1. The molecule has 2 heterocycles. The van der Waals surface area contributed by atoms with Gasteiger partial charge in [-0.3, -0.25) is 14.6 Å². The lowest BCUT2D eigenvalue weighted by atomic mass is 9.91. The maximum Gasteiger partial charge on any atom is 0.323 e. The van der Waals surface area contributed by atoms with E-state index in [1.807, 2.05) is 0 Å². The summed E-state index contributed by atoms with van der Waals surface area (Å²) in [6.07, 6.45) is 10.8. The van der Waals surface area contributed by atoms with Crippen molar-refractivity contribution in [2.24, 2.45) is 11.8 Å². The van der Waals surface area contributed by atoms with Gasteiger partial charge in [-0.05, 0) is 38.1 Å². The molecule has 4 unspecified atom stereocenters. The SMILES string of the molecule is COC(=O)C1C(CN2CCOCC2)CCN1C(C)C1C=CC=CC1. The van der Waals surface area contributed by atoms with Crippen molar-refractivity contribution < 1.29 is 14.3 Å². The fourth-order valence-corrected chi connectivity index (χ4v) is 4.30. The van der Waals surface area contributed by atoms with E-state index < -0.39 is 0 Å². The average molecular weight is 334 g/mol. The van der Waals surface area contributed by atoms with Gasteiger partial charge in [-0.1, -0.05) is 24.3 Å². The van der Waals surface area contributed by atoms with E-state index >= 15 is 0 Å². The smallest absolute Gasteiger partial charge is 0.323 e. The molecule has 0 N–H and O–H groups in total. The zero-order valence-electron chi connectivity index (χ0n) is 14.9. The van der Waals surface area contributed by atoms with Gasteiger partial charge in [-0.15, -0.1) is 0 Å². The van der Waals surface area contributed by atoms with E-state index in [4.69, 9.17) is 9.47 Å². The summed E-state index contributed by atoms with van der Waals surface area (Å²) < 4.78 is 10.6. The van der Waals surface area contributed by atoms with E-state index in [1.165, 1.54) is 7.11 Å². The number of morpholine rings is 1. The fraction of sp³-hybridized carbons (Fsp3) is 0.737. The monoisotopic (exact) mass is 334 g/mol. The van der Waals surface area contributed by atoms with Crippen molar-refractivity contribution in [1.29, 1.82) is 0 Å². The third-order valence-electron chi connectivity index (χ3n) is 5.76. The van der Waals surface area contributed by atoms with E-state index in [1.54, 1.807) is 0 Å². The Hall–Kier alpha value is -1.17. The Morgan fingerprint density at radius 3 is 2.75 bits per heavy atom. The molecule has 2 aliphatic heterocycles. The maximum absolute atomic E-state index is 12.5. The minimum atomic E-state index is -0.118. The minimum Gasteiger partial charge on any atom is -0.468 e. The lowest BCUT2D eigenvalue weighted by Gasteiger charge is -2.36. The van der Waals surface area contributed by atoms with Crippen LogP contribution in [0.3, 0.4) is 0 Å². The molecule has 3 aliphatic rings. The molecule has 5 heteroatoms. The number of allylic oxidation sites excluding steroid dienone is 3.